The zero-order valence-corrected chi connectivity index (χ0v) is 45.9. The Labute approximate surface area is 473 Å². The molecule has 9 amide bonds. The molecule has 4 fully saturated rings. The number of nitro groups is 1. The molecule has 4 heterocycles. The average Bonchev–Trinajstić information content (AvgIpc) is 4.40. The molecule has 0 saturated carbocycles. The van der Waals surface area contributed by atoms with Crippen LogP contribution in [-0.4, -0.2) is 184 Å². The summed E-state index contributed by atoms with van der Waals surface area (Å²) in [7, 11) is 0. The van der Waals surface area contributed by atoms with Gasteiger partial charge in [0.25, 0.3) is 5.69 Å². The lowest BCUT2D eigenvalue weighted by Gasteiger charge is -2.30. The summed E-state index contributed by atoms with van der Waals surface area (Å²) in [4.78, 5) is 152. The first kappa shape index (κ1) is 61.3. The number of nitrogens with one attached hydrogen (secondary N) is 5. The molecule has 4 aliphatic rings. The molecule has 440 valence electrons. The summed E-state index contributed by atoms with van der Waals surface area (Å²) in [5, 5.41) is 24.4. The Morgan fingerprint density at radius 2 is 0.976 bits per heavy atom. The van der Waals surface area contributed by atoms with Gasteiger partial charge in [-0.3, -0.25) is 53.3 Å². The second-order valence-electron chi connectivity index (χ2n) is 20.5. The minimum Gasteiger partial charge on any atom is -0.425 e. The molecule has 82 heavy (non-hydrogen) atoms. The lowest BCUT2D eigenvalue weighted by Crippen LogP contribution is -2.59. The summed E-state index contributed by atoms with van der Waals surface area (Å²) >= 11 is 0. The van der Waals surface area contributed by atoms with E-state index < -0.39 is 119 Å². The van der Waals surface area contributed by atoms with Gasteiger partial charge in [0.2, 0.25) is 53.2 Å². The van der Waals surface area contributed by atoms with Gasteiger partial charge in [-0.05, 0) is 88.5 Å². The lowest BCUT2D eigenvalue weighted by molar-refractivity contribution is -0.384. The molecule has 3 aromatic rings. The van der Waals surface area contributed by atoms with Crippen LogP contribution in [0.1, 0.15) is 76.3 Å². The highest BCUT2D eigenvalue weighted by Crippen LogP contribution is 2.25. The van der Waals surface area contributed by atoms with E-state index in [1.807, 2.05) is 48.5 Å². The van der Waals surface area contributed by atoms with Crippen molar-refractivity contribution in [2.24, 2.45) is 5.73 Å². The fraction of sp³-hybridized carbons (Fsp3) is 0.500. The zero-order chi connectivity index (χ0) is 58.9. The molecule has 0 bridgehead atoms. The normalized spacial score (nSPS) is 20.0. The van der Waals surface area contributed by atoms with E-state index in [9.17, 15) is 58.1 Å². The van der Waals surface area contributed by atoms with Crippen molar-refractivity contribution in [1.29, 1.82) is 0 Å². The number of likely N-dealkylation sites (tertiary alicyclic amines) is 4. The molecule has 4 saturated heterocycles. The first-order valence-corrected chi connectivity index (χ1v) is 27.5. The maximum atomic E-state index is 14.1. The maximum Gasteiger partial charge on any atom is 0.334 e. The highest BCUT2D eigenvalue weighted by atomic mass is 16.6. The Morgan fingerprint density at radius 3 is 1.43 bits per heavy atom. The van der Waals surface area contributed by atoms with Crippen LogP contribution in [0.4, 0.5) is 5.69 Å². The van der Waals surface area contributed by atoms with Gasteiger partial charge in [-0.1, -0.05) is 60.7 Å². The number of carbonyl (C=O) groups is 10. The highest BCUT2D eigenvalue weighted by Gasteiger charge is 2.42. The maximum absolute atomic E-state index is 14.1. The number of esters is 1. The molecule has 0 aromatic heterocycles. The second kappa shape index (κ2) is 29.4. The van der Waals surface area contributed by atoms with Gasteiger partial charge in [0.1, 0.15) is 54.1 Å². The Balaban J connectivity index is 0.928. The van der Waals surface area contributed by atoms with E-state index in [1.165, 1.54) is 57.7 Å². The van der Waals surface area contributed by atoms with Gasteiger partial charge in [0.15, 0.2) is 0 Å². The second-order valence-corrected chi connectivity index (χ2v) is 20.5. The number of nitrogens with two attached hydrogens (primary N) is 1. The molecule has 4 aliphatic heterocycles. The number of hydrogen-bond acceptors (Lipinski definition) is 16. The highest BCUT2D eigenvalue weighted by molar-refractivity contribution is 5.98. The number of non-ortho nitro benzene ring substituents is 1. The summed E-state index contributed by atoms with van der Waals surface area (Å²) < 4.78 is 17.2. The number of nitro benzene ring substituents is 1. The standard InChI is InChI=1S/C56H71N11O15/c1-35(59-49(70)41(33-80-31-37-13-5-3-6-14-37)61-52(73)44-18-9-25-63(44)47(68)29-57)54(75)65-27-11-17-43(65)51(72)58-30-48(69)64-26-10-19-45(64)53(74)62-42(34-81-32-38-15-7-4-8-16-38)50(71)60-36(2)55(76)66-28-12-20-46(66)56(77)82-40-23-21-39(22-24-40)67(78)79/h3-8,13-16,21-24,35-36,41-46H,9-12,17-20,25-34,57H2,1-2H3,(H,58,72)(H,59,70)(H,60,71)(H,61,73)(H,62,74)/t35-,36-,41+,42+,43+,44+,45+,46+/m1/s1. The fourth-order valence-electron chi connectivity index (χ4n) is 10.5. The monoisotopic (exact) mass is 1140 g/mol. The van der Waals surface area contributed by atoms with Crippen molar-refractivity contribution >= 4 is 64.8 Å². The molecule has 3 aromatic carbocycles. The minimum absolute atomic E-state index is 0.0488. The molecule has 26 nitrogen and oxygen atoms in total. The molecule has 7 rings (SSSR count). The van der Waals surface area contributed by atoms with Crippen molar-refractivity contribution in [2.75, 3.05) is 52.5 Å². The largest absolute Gasteiger partial charge is 0.425 e. The number of rotatable bonds is 25. The number of nitrogens with zero attached hydrogens (tertiary/aromatic N) is 5. The molecule has 7 N–H and O–H groups in total. The van der Waals surface area contributed by atoms with Crippen LogP contribution >= 0.6 is 0 Å². The van der Waals surface area contributed by atoms with Gasteiger partial charge in [-0.15, -0.1) is 0 Å². The average molecular weight is 1140 g/mol. The van der Waals surface area contributed by atoms with Crippen LogP contribution in [-0.2, 0) is 70.6 Å². The molecule has 26 heteroatoms. The Morgan fingerprint density at radius 1 is 0.561 bits per heavy atom. The summed E-state index contributed by atoms with van der Waals surface area (Å²) in [6.45, 7) is 2.47. The number of amides is 9. The van der Waals surface area contributed by atoms with Crippen LogP contribution in [0.25, 0.3) is 0 Å². The summed E-state index contributed by atoms with van der Waals surface area (Å²) in [6.07, 6.45) is 2.99. The number of carbonyl (C=O) groups excluding carboxylic acids is 10. The number of benzene rings is 3. The van der Waals surface area contributed by atoms with Crippen LogP contribution in [0.3, 0.4) is 0 Å². The predicted octanol–water partition coefficient (Wildman–Crippen LogP) is -0.0483. The fourth-order valence-corrected chi connectivity index (χ4v) is 10.5. The summed E-state index contributed by atoms with van der Waals surface area (Å²) in [5.74, 6) is -6.34. The number of hydrogen-bond donors (Lipinski definition) is 6. The topological polar surface area (TPSA) is 341 Å². The van der Waals surface area contributed by atoms with E-state index in [4.69, 9.17) is 19.9 Å². The van der Waals surface area contributed by atoms with Crippen LogP contribution < -0.4 is 37.1 Å². The van der Waals surface area contributed by atoms with E-state index >= 15 is 0 Å². The summed E-state index contributed by atoms with van der Waals surface area (Å²) in [6, 6.07) is 14.2. The molecular weight excluding hydrogens is 1070 g/mol. The van der Waals surface area contributed by atoms with Crippen LogP contribution in [0.15, 0.2) is 84.9 Å². The van der Waals surface area contributed by atoms with E-state index in [1.54, 1.807) is 12.1 Å². The van der Waals surface area contributed by atoms with Gasteiger partial charge < -0.3 is 66.1 Å². The van der Waals surface area contributed by atoms with E-state index in [0.29, 0.717) is 38.6 Å². The molecular formula is C56H71N11O15. The molecule has 0 spiro atoms. The smallest absolute Gasteiger partial charge is 0.334 e. The van der Waals surface area contributed by atoms with E-state index in [2.05, 4.69) is 26.6 Å². The Hall–Kier alpha value is -8.36. The lowest BCUT2D eigenvalue weighted by atomic mass is 10.1. The zero-order valence-electron chi connectivity index (χ0n) is 45.9. The quantitative estimate of drug-likeness (QED) is 0.0280. The van der Waals surface area contributed by atoms with Crippen LogP contribution in [0.5, 0.6) is 5.75 Å². The SMILES string of the molecule is C[C@@H](NC(=O)[C@H](COCc1ccccc1)NC(=O)[C@@H]1CCCN1C(=O)CN)C(=O)N1CCC[C@H]1C(=O)NCC(=O)N1CCC[C@H]1C(=O)N[C@@H](COCc1ccccc1)C(=O)N[C@H](C)C(=O)N1CCC[C@H]1C(=O)Oc1ccc([N+](=O)[O-])cc1. The first-order valence-electron chi connectivity index (χ1n) is 27.5. The van der Waals surface area contributed by atoms with Gasteiger partial charge in [0, 0.05) is 38.3 Å². The first-order chi connectivity index (χ1) is 39.4. The van der Waals surface area contributed by atoms with E-state index in [0.717, 1.165) is 11.1 Å². The molecule has 0 aliphatic carbocycles. The minimum atomic E-state index is -1.36. The van der Waals surface area contributed by atoms with Gasteiger partial charge in [-0.25, -0.2) is 4.79 Å². The van der Waals surface area contributed by atoms with Gasteiger partial charge >= 0.3 is 5.97 Å². The third-order valence-corrected chi connectivity index (χ3v) is 14.8. The van der Waals surface area contributed by atoms with Crippen molar-refractivity contribution in [3.05, 3.63) is 106 Å². The van der Waals surface area contributed by atoms with Crippen LogP contribution in [0, 0.1) is 10.1 Å². The predicted molar refractivity (Wildman–Crippen MR) is 291 cm³/mol. The van der Waals surface area contributed by atoms with Crippen molar-refractivity contribution < 1.29 is 67.1 Å². The number of ether oxygens (including phenoxy) is 3. The Bertz CT molecular complexity index is 2790. The molecule has 0 unspecified atom stereocenters. The van der Waals surface area contributed by atoms with Gasteiger partial charge in [0.05, 0.1) is 44.4 Å². The van der Waals surface area contributed by atoms with Crippen molar-refractivity contribution in [1.82, 2.24) is 46.2 Å². The van der Waals surface area contributed by atoms with Crippen molar-refractivity contribution in [3.63, 3.8) is 0 Å². The van der Waals surface area contributed by atoms with Crippen molar-refractivity contribution in [3.8, 4) is 5.75 Å². The third-order valence-electron chi connectivity index (χ3n) is 14.8. The summed E-state index contributed by atoms with van der Waals surface area (Å²) in [5.41, 5.74) is 6.98. The van der Waals surface area contributed by atoms with Gasteiger partial charge in [-0.2, -0.15) is 0 Å². The van der Waals surface area contributed by atoms with Crippen molar-refractivity contribution in [2.45, 2.75) is 127 Å². The van der Waals surface area contributed by atoms with E-state index in [-0.39, 0.29) is 83.3 Å². The van der Waals surface area contributed by atoms with Crippen LogP contribution in [0.2, 0.25) is 0 Å². The third kappa shape index (κ3) is 16.2. The Kier molecular flexibility index (Phi) is 22.0. The molecule has 8 atom stereocenters. The molecule has 0 radical (unpaired) electrons.